The van der Waals surface area contributed by atoms with Crippen LogP contribution in [0, 0.1) is 17.4 Å². The normalized spacial score (nSPS) is 10.7. The predicted molar refractivity (Wildman–Crippen MR) is 66.1 cm³/mol. The Kier molecular flexibility index (Phi) is 2.28. The Labute approximate surface area is 92.1 Å². The third-order valence-electron chi connectivity index (χ3n) is 2.27. The lowest BCUT2D eigenvalue weighted by Gasteiger charge is -2.03. The van der Waals surface area contributed by atoms with Gasteiger partial charge in [0.15, 0.2) is 0 Å². The van der Waals surface area contributed by atoms with E-state index < -0.39 is 0 Å². The number of halogens is 1. The van der Waals surface area contributed by atoms with Crippen LogP contribution < -0.4 is 0 Å². The smallest absolute Gasteiger partial charge is 0.0165 e. The standard InChI is InChI=1S/C12H11I/c1-8-3-4-10-7-12(13)9(2)6-11(10)5-8/h3-7H,1-2H3. The highest BCUT2D eigenvalue weighted by Crippen LogP contribution is 2.21. The van der Waals surface area contributed by atoms with Crippen LogP contribution in [-0.4, -0.2) is 0 Å². The minimum absolute atomic E-state index is 1.33. The van der Waals surface area contributed by atoms with Gasteiger partial charge in [-0.2, -0.15) is 0 Å². The molecule has 0 unspecified atom stereocenters. The quantitative estimate of drug-likeness (QED) is 0.639. The van der Waals surface area contributed by atoms with Crippen LogP contribution in [0.1, 0.15) is 11.1 Å². The molecular weight excluding hydrogens is 271 g/mol. The molecule has 1 heteroatoms. The number of aryl methyl sites for hydroxylation is 2. The van der Waals surface area contributed by atoms with E-state index in [0.29, 0.717) is 0 Å². The summed E-state index contributed by atoms with van der Waals surface area (Å²) in [5, 5.41) is 2.68. The van der Waals surface area contributed by atoms with Crippen molar-refractivity contribution in [3.05, 3.63) is 45.0 Å². The van der Waals surface area contributed by atoms with Crippen molar-refractivity contribution >= 4 is 33.4 Å². The number of benzene rings is 2. The van der Waals surface area contributed by atoms with Gasteiger partial charge in [0.25, 0.3) is 0 Å². The highest BCUT2D eigenvalue weighted by Gasteiger charge is 1.98. The summed E-state index contributed by atoms with van der Waals surface area (Å²) in [5.74, 6) is 0. The van der Waals surface area contributed by atoms with Crippen LogP contribution in [-0.2, 0) is 0 Å². The molecule has 2 rings (SSSR count). The molecule has 0 saturated carbocycles. The Balaban J connectivity index is 2.81. The van der Waals surface area contributed by atoms with Crippen molar-refractivity contribution in [3.63, 3.8) is 0 Å². The van der Waals surface area contributed by atoms with Crippen molar-refractivity contribution in [2.45, 2.75) is 13.8 Å². The van der Waals surface area contributed by atoms with Crippen molar-refractivity contribution in [3.8, 4) is 0 Å². The number of hydrogen-bond acceptors (Lipinski definition) is 0. The molecular formula is C12H11I. The van der Waals surface area contributed by atoms with Crippen LogP contribution in [0.3, 0.4) is 0 Å². The van der Waals surface area contributed by atoms with Crippen LogP contribution in [0.5, 0.6) is 0 Å². The topological polar surface area (TPSA) is 0 Å². The fraction of sp³-hybridized carbons (Fsp3) is 0.167. The van der Waals surface area contributed by atoms with Crippen molar-refractivity contribution in [1.29, 1.82) is 0 Å². The maximum Gasteiger partial charge on any atom is 0.0165 e. The van der Waals surface area contributed by atoms with Crippen molar-refractivity contribution in [2.75, 3.05) is 0 Å². The van der Waals surface area contributed by atoms with E-state index in [9.17, 15) is 0 Å². The minimum Gasteiger partial charge on any atom is -0.0587 e. The molecule has 2 aromatic carbocycles. The van der Waals surface area contributed by atoms with Gasteiger partial charge in [0, 0.05) is 3.57 Å². The fourth-order valence-electron chi connectivity index (χ4n) is 1.50. The van der Waals surface area contributed by atoms with E-state index >= 15 is 0 Å². The lowest BCUT2D eigenvalue weighted by Crippen LogP contribution is -1.82. The highest BCUT2D eigenvalue weighted by molar-refractivity contribution is 14.1. The zero-order chi connectivity index (χ0) is 9.42. The SMILES string of the molecule is Cc1ccc2cc(I)c(C)cc2c1. The van der Waals surface area contributed by atoms with E-state index in [0.717, 1.165) is 0 Å². The van der Waals surface area contributed by atoms with Gasteiger partial charge in [0.2, 0.25) is 0 Å². The second kappa shape index (κ2) is 3.29. The first-order valence-corrected chi connectivity index (χ1v) is 5.41. The molecule has 0 nitrogen and oxygen atoms in total. The average Bonchev–Trinajstić information content (AvgIpc) is 2.08. The van der Waals surface area contributed by atoms with Crippen molar-refractivity contribution < 1.29 is 0 Å². The zero-order valence-electron chi connectivity index (χ0n) is 7.76. The molecule has 0 fully saturated rings. The molecule has 0 amide bonds. The van der Waals surface area contributed by atoms with Crippen molar-refractivity contribution in [2.24, 2.45) is 0 Å². The maximum atomic E-state index is 2.38. The number of fused-ring (bicyclic) bond motifs is 1. The van der Waals surface area contributed by atoms with Crippen LogP contribution in [0.2, 0.25) is 0 Å². The molecule has 0 aliphatic rings. The Morgan fingerprint density at radius 2 is 1.69 bits per heavy atom. The van der Waals surface area contributed by atoms with Gasteiger partial charge in [-0.15, -0.1) is 0 Å². The van der Waals surface area contributed by atoms with E-state index in [1.54, 1.807) is 0 Å². The Morgan fingerprint density at radius 1 is 0.923 bits per heavy atom. The molecule has 0 saturated heterocycles. The van der Waals surface area contributed by atoms with E-state index in [2.05, 4.69) is 66.8 Å². The van der Waals surface area contributed by atoms with E-state index in [-0.39, 0.29) is 0 Å². The molecule has 0 atom stereocenters. The summed E-state index contributed by atoms with van der Waals surface area (Å²) in [7, 11) is 0. The van der Waals surface area contributed by atoms with Crippen LogP contribution >= 0.6 is 22.6 Å². The Morgan fingerprint density at radius 3 is 2.46 bits per heavy atom. The molecule has 0 heterocycles. The third-order valence-corrected chi connectivity index (χ3v) is 3.44. The molecule has 2 aromatic rings. The molecule has 0 radical (unpaired) electrons. The first-order chi connectivity index (χ1) is 6.16. The molecule has 0 N–H and O–H groups in total. The van der Waals surface area contributed by atoms with Crippen LogP contribution in [0.4, 0.5) is 0 Å². The second-order valence-electron chi connectivity index (χ2n) is 3.45. The summed E-state index contributed by atoms with van der Waals surface area (Å²) in [6.07, 6.45) is 0. The van der Waals surface area contributed by atoms with E-state index in [1.807, 2.05) is 0 Å². The second-order valence-corrected chi connectivity index (χ2v) is 4.61. The lowest BCUT2D eigenvalue weighted by atomic mass is 10.1. The summed E-state index contributed by atoms with van der Waals surface area (Å²) in [4.78, 5) is 0. The average molecular weight is 282 g/mol. The van der Waals surface area contributed by atoms with Gasteiger partial charge in [0.05, 0.1) is 0 Å². The monoisotopic (exact) mass is 282 g/mol. The summed E-state index contributed by atoms with van der Waals surface area (Å²) in [6.45, 7) is 4.29. The van der Waals surface area contributed by atoms with Gasteiger partial charge in [-0.25, -0.2) is 0 Å². The fourth-order valence-corrected chi connectivity index (χ4v) is 1.99. The summed E-state index contributed by atoms with van der Waals surface area (Å²) < 4.78 is 1.34. The van der Waals surface area contributed by atoms with Gasteiger partial charge in [-0.1, -0.05) is 29.8 Å². The number of rotatable bonds is 0. The Bertz CT molecular complexity index is 458. The van der Waals surface area contributed by atoms with Gasteiger partial charge in [-0.3, -0.25) is 0 Å². The lowest BCUT2D eigenvalue weighted by molar-refractivity contribution is 1.44. The highest BCUT2D eigenvalue weighted by atomic mass is 127. The first-order valence-electron chi connectivity index (χ1n) is 4.33. The van der Waals surface area contributed by atoms with Crippen LogP contribution in [0.15, 0.2) is 30.3 Å². The summed E-state index contributed by atoms with van der Waals surface area (Å²) in [5.41, 5.74) is 2.69. The first kappa shape index (κ1) is 9.00. The molecule has 13 heavy (non-hydrogen) atoms. The van der Waals surface area contributed by atoms with Crippen LogP contribution in [0.25, 0.3) is 10.8 Å². The summed E-state index contributed by atoms with van der Waals surface area (Å²) >= 11 is 2.38. The molecule has 0 aliphatic heterocycles. The van der Waals surface area contributed by atoms with Gasteiger partial charge < -0.3 is 0 Å². The van der Waals surface area contributed by atoms with Gasteiger partial charge >= 0.3 is 0 Å². The molecule has 0 aromatic heterocycles. The van der Waals surface area contributed by atoms with Crippen molar-refractivity contribution in [1.82, 2.24) is 0 Å². The third kappa shape index (κ3) is 1.70. The minimum atomic E-state index is 1.33. The van der Waals surface area contributed by atoms with Gasteiger partial charge in [0.1, 0.15) is 0 Å². The molecule has 0 spiro atoms. The van der Waals surface area contributed by atoms with E-state index in [4.69, 9.17) is 0 Å². The largest absolute Gasteiger partial charge is 0.0587 e. The van der Waals surface area contributed by atoms with Gasteiger partial charge in [-0.05, 0) is 58.8 Å². The zero-order valence-corrected chi connectivity index (χ0v) is 9.92. The maximum absolute atomic E-state index is 2.38. The predicted octanol–water partition coefficient (Wildman–Crippen LogP) is 4.06. The number of hydrogen-bond donors (Lipinski definition) is 0. The molecule has 66 valence electrons. The Hall–Kier alpha value is -0.570. The van der Waals surface area contributed by atoms with E-state index in [1.165, 1.54) is 25.5 Å². The molecule has 0 bridgehead atoms. The summed E-state index contributed by atoms with van der Waals surface area (Å²) in [6, 6.07) is 11.1. The molecule has 0 aliphatic carbocycles.